The van der Waals surface area contributed by atoms with E-state index in [0.717, 1.165) is 17.0 Å². The number of aromatic amines is 1. The van der Waals surface area contributed by atoms with Gasteiger partial charge in [0.25, 0.3) is 5.91 Å². The quantitative estimate of drug-likeness (QED) is 0.763. The van der Waals surface area contributed by atoms with Gasteiger partial charge in [0.05, 0.1) is 0 Å². The van der Waals surface area contributed by atoms with Crippen LogP contribution in [0.3, 0.4) is 0 Å². The fourth-order valence-corrected chi connectivity index (χ4v) is 3.05. The molecule has 118 valence electrons. The van der Waals surface area contributed by atoms with Gasteiger partial charge in [0, 0.05) is 17.2 Å². The van der Waals surface area contributed by atoms with Gasteiger partial charge in [0.1, 0.15) is 16.4 Å². The minimum absolute atomic E-state index is 0.190. The van der Waals surface area contributed by atoms with Gasteiger partial charge in [-0.25, -0.2) is 4.98 Å². The maximum absolute atomic E-state index is 12.3. The average molecular weight is 336 g/mol. The third kappa shape index (κ3) is 2.86. The molecule has 1 aliphatic rings. The van der Waals surface area contributed by atoms with Crippen molar-refractivity contribution >= 4 is 28.8 Å². The Morgan fingerprint density at radius 2 is 2.25 bits per heavy atom. The van der Waals surface area contributed by atoms with E-state index in [2.05, 4.69) is 42.6 Å². The first-order valence-corrected chi connectivity index (χ1v) is 8.15. The molecule has 7 nitrogen and oxygen atoms in total. The van der Waals surface area contributed by atoms with Gasteiger partial charge < -0.3 is 0 Å². The van der Waals surface area contributed by atoms with E-state index in [-0.39, 0.29) is 11.9 Å². The topological polar surface area (TPSA) is 96.5 Å². The summed E-state index contributed by atoms with van der Waals surface area (Å²) in [4.78, 5) is 25.0. The second kappa shape index (κ2) is 6.17. The first-order chi connectivity index (χ1) is 11.8. The standard InChI is InChI=1S/C16H12N6OS/c23-14(12-9-24-15(18-12)10-5-1-2-6-10)20-16-19-13(21-22-16)11-7-3-4-8-17-11/h1,3-9H,2H2,(H2,19,20,21,22,23). The van der Waals surface area contributed by atoms with E-state index in [0.29, 0.717) is 17.2 Å². The molecular weight excluding hydrogens is 324 g/mol. The van der Waals surface area contributed by atoms with Crippen molar-refractivity contribution in [1.82, 2.24) is 25.1 Å². The summed E-state index contributed by atoms with van der Waals surface area (Å²) in [5.74, 6) is 0.341. The number of hydrogen-bond donors (Lipinski definition) is 2. The van der Waals surface area contributed by atoms with Crippen LogP contribution in [-0.4, -0.2) is 31.1 Å². The summed E-state index contributed by atoms with van der Waals surface area (Å²) in [5, 5.41) is 11.9. The number of allylic oxidation sites excluding steroid dienone is 4. The van der Waals surface area contributed by atoms with E-state index in [4.69, 9.17) is 0 Å². The molecule has 24 heavy (non-hydrogen) atoms. The predicted octanol–water partition coefficient (Wildman–Crippen LogP) is 2.92. The van der Waals surface area contributed by atoms with Crippen LogP contribution in [-0.2, 0) is 0 Å². The highest BCUT2D eigenvalue weighted by Crippen LogP contribution is 2.25. The van der Waals surface area contributed by atoms with Crippen LogP contribution in [0.2, 0.25) is 0 Å². The summed E-state index contributed by atoms with van der Waals surface area (Å²) >= 11 is 1.44. The van der Waals surface area contributed by atoms with E-state index in [1.165, 1.54) is 11.3 Å². The van der Waals surface area contributed by atoms with Crippen LogP contribution in [0.15, 0.2) is 48.0 Å². The summed E-state index contributed by atoms with van der Waals surface area (Å²) in [6.07, 6.45) is 8.72. The Labute approximate surface area is 141 Å². The Hall–Kier alpha value is -3.13. The number of amides is 1. The van der Waals surface area contributed by atoms with Crippen LogP contribution in [0.1, 0.15) is 21.9 Å². The summed E-state index contributed by atoms with van der Waals surface area (Å²) in [5.41, 5.74) is 2.05. The number of anilines is 1. The first kappa shape index (κ1) is 14.5. The summed E-state index contributed by atoms with van der Waals surface area (Å²) in [7, 11) is 0. The Morgan fingerprint density at radius 3 is 3.04 bits per heavy atom. The Kier molecular flexibility index (Phi) is 3.72. The average Bonchev–Trinajstić information content (AvgIpc) is 3.36. The zero-order valence-electron chi connectivity index (χ0n) is 12.4. The molecule has 8 heteroatoms. The molecule has 3 aromatic rings. The number of aromatic nitrogens is 5. The van der Waals surface area contributed by atoms with Crippen molar-refractivity contribution in [2.75, 3.05) is 5.32 Å². The lowest BCUT2D eigenvalue weighted by Gasteiger charge is -1.96. The second-order valence-electron chi connectivity index (χ2n) is 5.01. The Balaban J connectivity index is 1.49. The monoisotopic (exact) mass is 336 g/mol. The van der Waals surface area contributed by atoms with Crippen molar-refractivity contribution in [3.8, 4) is 11.5 Å². The highest BCUT2D eigenvalue weighted by Gasteiger charge is 2.15. The third-order valence-electron chi connectivity index (χ3n) is 3.37. The lowest BCUT2D eigenvalue weighted by Crippen LogP contribution is -2.13. The fraction of sp³-hybridized carbons (Fsp3) is 0.0625. The van der Waals surface area contributed by atoms with Gasteiger partial charge in [-0.05, 0) is 18.6 Å². The van der Waals surface area contributed by atoms with Crippen LogP contribution in [0.5, 0.6) is 0 Å². The largest absolute Gasteiger partial charge is 0.288 e. The zero-order valence-corrected chi connectivity index (χ0v) is 13.2. The van der Waals surface area contributed by atoms with E-state index in [1.807, 2.05) is 24.3 Å². The van der Waals surface area contributed by atoms with Crippen molar-refractivity contribution in [3.05, 3.63) is 58.7 Å². The molecule has 0 radical (unpaired) electrons. The van der Waals surface area contributed by atoms with Crippen molar-refractivity contribution in [2.45, 2.75) is 6.42 Å². The van der Waals surface area contributed by atoms with Gasteiger partial charge >= 0.3 is 0 Å². The minimum Gasteiger partial charge on any atom is -0.288 e. The summed E-state index contributed by atoms with van der Waals surface area (Å²) in [6.45, 7) is 0. The van der Waals surface area contributed by atoms with E-state index >= 15 is 0 Å². The molecule has 0 aromatic carbocycles. The molecule has 2 N–H and O–H groups in total. The molecule has 0 unspecified atom stereocenters. The second-order valence-corrected chi connectivity index (χ2v) is 5.87. The van der Waals surface area contributed by atoms with Crippen LogP contribution < -0.4 is 5.32 Å². The van der Waals surface area contributed by atoms with Gasteiger partial charge in [-0.3, -0.25) is 20.2 Å². The number of carbonyl (C=O) groups is 1. The van der Waals surface area contributed by atoms with Crippen LogP contribution in [0.4, 0.5) is 5.95 Å². The molecule has 4 rings (SSSR count). The van der Waals surface area contributed by atoms with Gasteiger partial charge in [-0.1, -0.05) is 24.3 Å². The smallest absolute Gasteiger partial charge is 0.277 e. The number of H-pyrrole nitrogens is 1. The number of pyridine rings is 1. The lowest BCUT2D eigenvalue weighted by molar-refractivity contribution is 0.102. The number of nitrogens with one attached hydrogen (secondary N) is 2. The van der Waals surface area contributed by atoms with Gasteiger partial charge in [-0.15, -0.1) is 16.4 Å². The molecule has 0 aliphatic heterocycles. The maximum atomic E-state index is 12.3. The third-order valence-corrected chi connectivity index (χ3v) is 4.26. The molecule has 0 saturated carbocycles. The predicted molar refractivity (Wildman–Crippen MR) is 91.4 cm³/mol. The molecule has 0 fully saturated rings. The number of carbonyl (C=O) groups excluding carboxylic acids is 1. The number of hydrogen-bond acceptors (Lipinski definition) is 6. The number of nitrogens with zero attached hydrogens (tertiary/aromatic N) is 4. The van der Waals surface area contributed by atoms with Crippen molar-refractivity contribution in [2.24, 2.45) is 0 Å². The number of rotatable bonds is 4. The molecule has 1 aliphatic carbocycles. The van der Waals surface area contributed by atoms with Gasteiger partial charge in [0.2, 0.25) is 5.95 Å². The summed E-state index contributed by atoms with van der Waals surface area (Å²) < 4.78 is 0. The van der Waals surface area contributed by atoms with Crippen molar-refractivity contribution in [1.29, 1.82) is 0 Å². The molecule has 0 bridgehead atoms. The molecule has 0 spiro atoms. The highest BCUT2D eigenvalue weighted by atomic mass is 32.1. The maximum Gasteiger partial charge on any atom is 0.277 e. The van der Waals surface area contributed by atoms with Gasteiger partial charge in [0.15, 0.2) is 5.82 Å². The molecular formula is C16H12N6OS. The van der Waals surface area contributed by atoms with Gasteiger partial charge in [-0.2, -0.15) is 4.98 Å². The normalized spacial score (nSPS) is 13.1. The Bertz CT molecular complexity index is 940. The fourth-order valence-electron chi connectivity index (χ4n) is 2.23. The van der Waals surface area contributed by atoms with E-state index < -0.39 is 0 Å². The molecule has 0 atom stereocenters. The van der Waals surface area contributed by atoms with Crippen LogP contribution in [0.25, 0.3) is 17.1 Å². The molecule has 3 heterocycles. The molecule has 3 aromatic heterocycles. The number of thiazole rings is 1. The highest BCUT2D eigenvalue weighted by molar-refractivity contribution is 7.11. The summed E-state index contributed by atoms with van der Waals surface area (Å²) in [6, 6.07) is 5.48. The first-order valence-electron chi connectivity index (χ1n) is 7.27. The molecule has 1 amide bonds. The van der Waals surface area contributed by atoms with E-state index in [9.17, 15) is 4.79 Å². The Morgan fingerprint density at radius 1 is 1.29 bits per heavy atom. The molecule has 0 saturated heterocycles. The SMILES string of the molecule is O=C(Nc1n[nH]c(-c2ccccn2)n1)c1csc(C2=CCC=C2)n1. The van der Waals surface area contributed by atoms with Crippen LogP contribution in [0, 0.1) is 0 Å². The van der Waals surface area contributed by atoms with Crippen molar-refractivity contribution < 1.29 is 4.79 Å². The van der Waals surface area contributed by atoms with Crippen LogP contribution >= 0.6 is 11.3 Å². The minimum atomic E-state index is -0.341. The zero-order chi connectivity index (χ0) is 16.4. The van der Waals surface area contributed by atoms with Crippen molar-refractivity contribution in [3.63, 3.8) is 0 Å². The van der Waals surface area contributed by atoms with E-state index in [1.54, 1.807) is 11.6 Å². The lowest BCUT2D eigenvalue weighted by atomic mass is 10.3.